The van der Waals surface area contributed by atoms with Crippen molar-refractivity contribution in [3.05, 3.63) is 137 Å². The number of anilines is 1. The Hall–Kier alpha value is -6.41. The molecule has 3 aromatic carbocycles. The zero-order valence-electron chi connectivity index (χ0n) is 31.7. The van der Waals surface area contributed by atoms with E-state index in [1.807, 2.05) is 48.0 Å². The number of hydrogen-bond acceptors (Lipinski definition) is 8. The Kier molecular flexibility index (Phi) is 10.8. The number of rotatable bonds is 10. The molecule has 2 fully saturated rings. The first-order valence-electron chi connectivity index (χ1n) is 19.2. The van der Waals surface area contributed by atoms with Crippen molar-refractivity contribution in [2.24, 2.45) is 0 Å². The Labute approximate surface area is 332 Å². The number of imide groups is 1. The molecule has 6 aromatic rings. The van der Waals surface area contributed by atoms with Gasteiger partial charge < -0.3 is 10.6 Å². The average molecular weight is 787 g/mol. The van der Waals surface area contributed by atoms with E-state index in [1.165, 1.54) is 17.5 Å². The maximum Gasteiger partial charge on any atom is 0.433 e. The number of amides is 3. The summed E-state index contributed by atoms with van der Waals surface area (Å²) in [6, 6.07) is 26.4. The zero-order valence-corrected chi connectivity index (χ0v) is 31.7. The van der Waals surface area contributed by atoms with Crippen molar-refractivity contribution < 1.29 is 27.6 Å². The summed E-state index contributed by atoms with van der Waals surface area (Å²) in [6.45, 7) is 5.01. The topological polar surface area (TPSA) is 134 Å². The fraction of sp³-hybridized carbons (Fsp3) is 0.273. The number of nitrogens with zero attached hydrogens (tertiary/aromatic N) is 5. The highest BCUT2D eigenvalue weighted by molar-refractivity contribution is 6.01. The van der Waals surface area contributed by atoms with Gasteiger partial charge in [-0.25, -0.2) is 9.50 Å². The molecule has 0 radical (unpaired) electrons. The highest BCUT2D eigenvalue weighted by atomic mass is 19.4. The molecular weight excluding hydrogens is 746 g/mol. The zero-order chi connectivity index (χ0) is 40.4. The summed E-state index contributed by atoms with van der Waals surface area (Å²) in [5.41, 5.74) is 8.78. The number of fused-ring (bicyclic) bond motifs is 1. The van der Waals surface area contributed by atoms with Gasteiger partial charge in [-0.2, -0.15) is 18.3 Å². The molecule has 0 spiro atoms. The molecule has 3 amide bonds. The van der Waals surface area contributed by atoms with E-state index in [0.29, 0.717) is 18.8 Å². The molecule has 5 heterocycles. The van der Waals surface area contributed by atoms with Crippen LogP contribution in [0.1, 0.15) is 69.9 Å². The van der Waals surface area contributed by atoms with Crippen LogP contribution in [0.5, 0.6) is 0 Å². The number of benzene rings is 3. The molecule has 2 saturated heterocycles. The molecule has 11 nitrogen and oxygen atoms in total. The van der Waals surface area contributed by atoms with Crippen LogP contribution in [0.2, 0.25) is 0 Å². The standard InChI is InChI=1S/C44H41F3N8O3/c1-27-20-32(6-7-33(27)22-49-42(57)34-10-14-39(48-23-34)44(45,46)47)41-38-21-35(25-55(38)51-26-50-41)30-4-2-28(3-5-30)24-54-18-16-31(17-19-54)29-8-11-36(12-9-29)52-37-13-15-40(56)53-43(37)58/h2-12,14,20-21,23,25-26,31,37,52H,13,15-19,22,24H2,1H3,(H,49,57)(H,53,56,58)/t37-/m0/s1. The van der Waals surface area contributed by atoms with Gasteiger partial charge in [0.25, 0.3) is 5.91 Å². The molecule has 0 unspecified atom stereocenters. The van der Waals surface area contributed by atoms with Crippen LogP contribution < -0.4 is 16.0 Å². The predicted molar refractivity (Wildman–Crippen MR) is 212 cm³/mol. The fourth-order valence-corrected chi connectivity index (χ4v) is 7.69. The fourth-order valence-electron chi connectivity index (χ4n) is 7.69. The van der Waals surface area contributed by atoms with Gasteiger partial charge in [-0.3, -0.25) is 29.6 Å². The Bertz CT molecular complexity index is 2460. The van der Waals surface area contributed by atoms with E-state index in [2.05, 4.69) is 78.4 Å². The lowest BCUT2D eigenvalue weighted by atomic mass is 9.89. The molecule has 0 aliphatic carbocycles. The second-order valence-electron chi connectivity index (χ2n) is 14.9. The Morgan fingerprint density at radius 1 is 0.879 bits per heavy atom. The lowest BCUT2D eigenvalue weighted by Gasteiger charge is -2.32. The number of aromatic nitrogens is 4. The molecule has 14 heteroatoms. The number of halogens is 3. The van der Waals surface area contributed by atoms with Crippen molar-refractivity contribution in [3.63, 3.8) is 0 Å². The number of likely N-dealkylation sites (tertiary alicyclic amines) is 1. The van der Waals surface area contributed by atoms with Gasteiger partial charge in [-0.05, 0) is 109 Å². The van der Waals surface area contributed by atoms with Crippen LogP contribution in [0.4, 0.5) is 18.9 Å². The van der Waals surface area contributed by atoms with Crippen molar-refractivity contribution in [1.29, 1.82) is 0 Å². The third-order valence-electron chi connectivity index (χ3n) is 11.0. The van der Waals surface area contributed by atoms with Crippen LogP contribution >= 0.6 is 0 Å². The smallest absolute Gasteiger partial charge is 0.374 e. The van der Waals surface area contributed by atoms with E-state index >= 15 is 0 Å². The number of aryl methyl sites for hydroxylation is 1. The molecular formula is C44H41F3N8O3. The molecule has 1 atom stereocenters. The summed E-state index contributed by atoms with van der Waals surface area (Å²) in [5.74, 6) is -0.518. The van der Waals surface area contributed by atoms with Gasteiger partial charge in [-0.15, -0.1) is 0 Å². The van der Waals surface area contributed by atoms with E-state index in [-0.39, 0.29) is 23.9 Å². The van der Waals surface area contributed by atoms with E-state index in [4.69, 9.17) is 0 Å². The number of carbonyl (C=O) groups is 3. The van der Waals surface area contributed by atoms with Gasteiger partial charge in [-0.1, -0.05) is 48.5 Å². The molecule has 296 valence electrons. The van der Waals surface area contributed by atoms with Crippen molar-refractivity contribution in [2.45, 2.75) is 63.8 Å². The van der Waals surface area contributed by atoms with Gasteiger partial charge >= 0.3 is 6.18 Å². The first kappa shape index (κ1) is 38.5. The van der Waals surface area contributed by atoms with Gasteiger partial charge in [0.2, 0.25) is 11.8 Å². The molecule has 58 heavy (non-hydrogen) atoms. The highest BCUT2D eigenvalue weighted by Gasteiger charge is 2.32. The number of nitrogens with one attached hydrogen (secondary N) is 3. The molecule has 2 aliphatic heterocycles. The minimum Gasteiger partial charge on any atom is -0.374 e. The lowest BCUT2D eigenvalue weighted by molar-refractivity contribution is -0.141. The van der Waals surface area contributed by atoms with Gasteiger partial charge in [0, 0.05) is 48.7 Å². The minimum atomic E-state index is -4.57. The van der Waals surface area contributed by atoms with Gasteiger partial charge in [0.05, 0.1) is 16.8 Å². The molecule has 0 saturated carbocycles. The first-order valence-corrected chi connectivity index (χ1v) is 19.2. The second kappa shape index (κ2) is 16.2. The minimum absolute atomic E-state index is 0.0461. The van der Waals surface area contributed by atoms with Crippen molar-refractivity contribution >= 4 is 28.9 Å². The van der Waals surface area contributed by atoms with Crippen molar-refractivity contribution in [1.82, 2.24) is 35.1 Å². The number of hydrogen-bond donors (Lipinski definition) is 3. The van der Waals surface area contributed by atoms with E-state index in [9.17, 15) is 27.6 Å². The molecule has 3 N–H and O–H groups in total. The van der Waals surface area contributed by atoms with Crippen LogP contribution in [0.25, 0.3) is 27.9 Å². The maximum atomic E-state index is 12.8. The predicted octanol–water partition coefficient (Wildman–Crippen LogP) is 7.31. The van der Waals surface area contributed by atoms with Gasteiger partial charge in [0.15, 0.2) is 0 Å². The quantitative estimate of drug-likeness (QED) is 0.123. The normalized spacial score (nSPS) is 16.7. The van der Waals surface area contributed by atoms with E-state index < -0.39 is 23.8 Å². The third-order valence-corrected chi connectivity index (χ3v) is 11.0. The first-order chi connectivity index (χ1) is 28.0. The SMILES string of the molecule is Cc1cc(-c2ncnn3cc(-c4ccc(CN5CCC(c6ccc(N[C@H]7CCC(=O)NC7=O)cc6)CC5)cc4)cc23)ccc1CNC(=O)c1ccc(C(F)(F)F)nc1. The van der Waals surface area contributed by atoms with Crippen molar-refractivity contribution in [2.75, 3.05) is 18.4 Å². The summed E-state index contributed by atoms with van der Waals surface area (Å²) < 4.78 is 40.4. The van der Waals surface area contributed by atoms with Gasteiger partial charge in [0.1, 0.15) is 18.1 Å². The number of piperidine rings is 2. The molecule has 8 rings (SSSR count). The number of alkyl halides is 3. The Morgan fingerprint density at radius 2 is 1.64 bits per heavy atom. The molecule has 3 aromatic heterocycles. The van der Waals surface area contributed by atoms with Crippen LogP contribution in [0.15, 0.2) is 104 Å². The van der Waals surface area contributed by atoms with E-state index in [0.717, 1.165) is 95.5 Å². The third kappa shape index (κ3) is 8.61. The Balaban J connectivity index is 0.855. The summed E-state index contributed by atoms with van der Waals surface area (Å²) in [6.07, 6.45) is 2.86. The summed E-state index contributed by atoms with van der Waals surface area (Å²) >= 11 is 0. The average Bonchev–Trinajstić information content (AvgIpc) is 3.67. The molecule has 0 bridgehead atoms. The molecule has 2 aliphatic rings. The van der Waals surface area contributed by atoms with Crippen LogP contribution in [0, 0.1) is 6.92 Å². The monoisotopic (exact) mass is 786 g/mol. The Morgan fingerprint density at radius 3 is 2.33 bits per heavy atom. The maximum absolute atomic E-state index is 12.8. The van der Waals surface area contributed by atoms with Crippen LogP contribution in [0.3, 0.4) is 0 Å². The largest absolute Gasteiger partial charge is 0.433 e. The van der Waals surface area contributed by atoms with E-state index in [1.54, 1.807) is 0 Å². The lowest BCUT2D eigenvalue weighted by Crippen LogP contribution is -2.47. The van der Waals surface area contributed by atoms with Crippen LogP contribution in [-0.2, 0) is 28.9 Å². The van der Waals surface area contributed by atoms with Crippen molar-refractivity contribution in [3.8, 4) is 22.4 Å². The summed E-state index contributed by atoms with van der Waals surface area (Å²) in [5, 5.41) is 12.9. The summed E-state index contributed by atoms with van der Waals surface area (Å²) in [7, 11) is 0. The summed E-state index contributed by atoms with van der Waals surface area (Å²) in [4.78, 5) is 46.6. The number of pyridine rings is 1. The number of carbonyl (C=O) groups excluding carboxylic acids is 3. The second-order valence-corrected chi connectivity index (χ2v) is 14.9. The van der Waals surface area contributed by atoms with Crippen LogP contribution in [-0.4, -0.2) is 61.3 Å². The highest BCUT2D eigenvalue weighted by Crippen LogP contribution is 2.32.